The minimum atomic E-state index is -0.593. The number of carbonyl (C=O) groups is 2. The number of hydrogen-bond donors (Lipinski definition) is 1. The molecular weight excluding hydrogens is 321 g/mol. The molecule has 0 aliphatic carbocycles. The largest absolute Gasteiger partial charge is 0.452 e. The van der Waals surface area contributed by atoms with Crippen molar-refractivity contribution in [2.75, 3.05) is 13.2 Å². The Morgan fingerprint density at radius 1 is 1.12 bits per heavy atom. The van der Waals surface area contributed by atoms with Crippen LogP contribution in [-0.4, -0.2) is 25.0 Å². The third-order valence-electron chi connectivity index (χ3n) is 3.51. The first-order valence-electron chi connectivity index (χ1n) is 7.96. The Labute approximate surface area is 146 Å². The monoisotopic (exact) mass is 341 g/mol. The van der Waals surface area contributed by atoms with Crippen LogP contribution in [0.3, 0.4) is 0 Å². The summed E-state index contributed by atoms with van der Waals surface area (Å²) in [7, 11) is 0. The van der Waals surface area contributed by atoms with E-state index in [1.165, 1.54) is 12.1 Å². The van der Waals surface area contributed by atoms with Crippen LogP contribution >= 0.6 is 0 Å². The third kappa shape index (κ3) is 6.59. The molecule has 5 heteroatoms. The smallest absolute Gasteiger partial charge is 0.331 e. The van der Waals surface area contributed by atoms with Crippen LogP contribution in [0.2, 0.25) is 0 Å². The summed E-state index contributed by atoms with van der Waals surface area (Å²) in [6, 6.07) is 14.0. The fourth-order valence-electron chi connectivity index (χ4n) is 2.12. The van der Waals surface area contributed by atoms with Gasteiger partial charge in [-0.1, -0.05) is 48.0 Å². The van der Waals surface area contributed by atoms with Gasteiger partial charge < -0.3 is 10.1 Å². The molecule has 4 nitrogen and oxygen atoms in total. The van der Waals surface area contributed by atoms with Gasteiger partial charge in [0.25, 0.3) is 5.91 Å². The maximum absolute atomic E-state index is 13.4. The molecule has 0 fully saturated rings. The lowest BCUT2D eigenvalue weighted by Crippen LogP contribution is -2.30. The summed E-state index contributed by atoms with van der Waals surface area (Å²) in [5.41, 5.74) is 2.53. The topological polar surface area (TPSA) is 55.4 Å². The molecule has 2 aromatic rings. The molecule has 0 aliphatic rings. The first kappa shape index (κ1) is 18.4. The van der Waals surface area contributed by atoms with Crippen molar-refractivity contribution in [1.82, 2.24) is 5.32 Å². The van der Waals surface area contributed by atoms with Crippen molar-refractivity contribution in [3.63, 3.8) is 0 Å². The second-order valence-electron chi connectivity index (χ2n) is 5.54. The molecule has 0 heterocycles. The molecule has 130 valence electrons. The Kier molecular flexibility index (Phi) is 6.89. The molecule has 0 unspecified atom stereocenters. The van der Waals surface area contributed by atoms with Crippen LogP contribution in [0.25, 0.3) is 6.08 Å². The van der Waals surface area contributed by atoms with Crippen LogP contribution in [0.1, 0.15) is 16.7 Å². The molecule has 2 aromatic carbocycles. The van der Waals surface area contributed by atoms with Crippen molar-refractivity contribution in [1.29, 1.82) is 0 Å². The quantitative estimate of drug-likeness (QED) is 0.622. The molecule has 1 N–H and O–H groups in total. The second kappa shape index (κ2) is 9.37. The zero-order valence-electron chi connectivity index (χ0n) is 14.0. The van der Waals surface area contributed by atoms with Crippen molar-refractivity contribution in [3.05, 3.63) is 77.1 Å². The Balaban J connectivity index is 1.68. The van der Waals surface area contributed by atoms with Crippen LogP contribution in [0.5, 0.6) is 0 Å². The Morgan fingerprint density at radius 3 is 2.56 bits per heavy atom. The van der Waals surface area contributed by atoms with E-state index in [0.29, 0.717) is 12.0 Å². The van der Waals surface area contributed by atoms with Gasteiger partial charge in [0.15, 0.2) is 6.61 Å². The van der Waals surface area contributed by atoms with Crippen LogP contribution in [0, 0.1) is 12.7 Å². The zero-order chi connectivity index (χ0) is 18.1. The summed E-state index contributed by atoms with van der Waals surface area (Å²) in [5, 5.41) is 2.59. The molecule has 25 heavy (non-hydrogen) atoms. The maximum Gasteiger partial charge on any atom is 0.331 e. The number of halogens is 1. The van der Waals surface area contributed by atoms with Crippen molar-refractivity contribution < 1.29 is 18.7 Å². The van der Waals surface area contributed by atoms with Gasteiger partial charge in [0, 0.05) is 12.6 Å². The fourth-order valence-corrected chi connectivity index (χ4v) is 2.12. The zero-order valence-corrected chi connectivity index (χ0v) is 14.0. The lowest BCUT2D eigenvalue weighted by molar-refractivity contribution is -0.143. The van der Waals surface area contributed by atoms with Gasteiger partial charge >= 0.3 is 5.97 Å². The number of aryl methyl sites for hydroxylation is 1. The number of amides is 1. The minimum absolute atomic E-state index is 0.274. The molecule has 0 atom stereocenters. The van der Waals surface area contributed by atoms with E-state index in [1.54, 1.807) is 24.3 Å². The first-order valence-corrected chi connectivity index (χ1v) is 7.96. The number of ether oxygens (including phenoxy) is 1. The van der Waals surface area contributed by atoms with E-state index >= 15 is 0 Å². The van der Waals surface area contributed by atoms with Gasteiger partial charge in [0.2, 0.25) is 0 Å². The molecule has 2 rings (SSSR count). The maximum atomic E-state index is 13.4. The molecule has 0 aromatic heterocycles. The lowest BCUT2D eigenvalue weighted by Gasteiger charge is -2.06. The van der Waals surface area contributed by atoms with Crippen LogP contribution in [0.4, 0.5) is 4.39 Å². The van der Waals surface area contributed by atoms with Gasteiger partial charge in [-0.3, -0.25) is 4.79 Å². The van der Waals surface area contributed by atoms with Crippen LogP contribution < -0.4 is 5.32 Å². The molecule has 0 radical (unpaired) electrons. The Bertz CT molecular complexity index is 754. The number of esters is 1. The summed E-state index contributed by atoms with van der Waals surface area (Å²) in [6.45, 7) is 1.89. The number of rotatable bonds is 7. The SMILES string of the molecule is Cc1ccc(/C=C/C(=O)OCC(=O)NCCc2ccccc2F)cc1. The molecule has 1 amide bonds. The van der Waals surface area contributed by atoms with Crippen LogP contribution in [-0.2, 0) is 20.7 Å². The highest BCUT2D eigenvalue weighted by atomic mass is 19.1. The summed E-state index contributed by atoms with van der Waals surface area (Å²) < 4.78 is 18.3. The van der Waals surface area contributed by atoms with Crippen molar-refractivity contribution in [2.24, 2.45) is 0 Å². The third-order valence-corrected chi connectivity index (χ3v) is 3.51. The van der Waals surface area contributed by atoms with E-state index in [1.807, 2.05) is 31.2 Å². The van der Waals surface area contributed by atoms with Gasteiger partial charge in [-0.05, 0) is 36.6 Å². The van der Waals surface area contributed by atoms with Crippen LogP contribution in [0.15, 0.2) is 54.6 Å². The predicted octanol–water partition coefficient (Wildman–Crippen LogP) is 3.05. The predicted molar refractivity (Wildman–Crippen MR) is 94.3 cm³/mol. The fraction of sp³-hybridized carbons (Fsp3) is 0.200. The summed E-state index contributed by atoms with van der Waals surface area (Å²) in [6.07, 6.45) is 3.27. The summed E-state index contributed by atoms with van der Waals surface area (Å²) in [5.74, 6) is -1.32. The first-order chi connectivity index (χ1) is 12.0. The standard InChI is InChI=1S/C20H20FNO3/c1-15-6-8-16(9-7-15)10-11-20(24)25-14-19(23)22-13-12-17-4-2-3-5-18(17)21/h2-11H,12-14H2,1H3,(H,22,23)/b11-10+. The van der Waals surface area contributed by atoms with E-state index < -0.39 is 11.9 Å². The van der Waals surface area contributed by atoms with Gasteiger partial charge in [0.05, 0.1) is 0 Å². The van der Waals surface area contributed by atoms with E-state index in [-0.39, 0.29) is 19.0 Å². The van der Waals surface area contributed by atoms with Gasteiger partial charge in [0.1, 0.15) is 5.82 Å². The Hall–Kier alpha value is -2.95. The number of hydrogen-bond acceptors (Lipinski definition) is 3. The van der Waals surface area contributed by atoms with E-state index in [0.717, 1.165) is 11.1 Å². The summed E-state index contributed by atoms with van der Waals surface area (Å²) >= 11 is 0. The number of carbonyl (C=O) groups excluding carboxylic acids is 2. The van der Waals surface area contributed by atoms with E-state index in [4.69, 9.17) is 4.74 Å². The van der Waals surface area contributed by atoms with Crippen molar-refractivity contribution in [2.45, 2.75) is 13.3 Å². The van der Waals surface area contributed by atoms with E-state index in [9.17, 15) is 14.0 Å². The Morgan fingerprint density at radius 2 is 1.84 bits per heavy atom. The molecular formula is C20H20FNO3. The molecule has 0 aliphatic heterocycles. The molecule has 0 spiro atoms. The average molecular weight is 341 g/mol. The highest BCUT2D eigenvalue weighted by Crippen LogP contribution is 2.06. The number of benzene rings is 2. The molecule has 0 saturated carbocycles. The average Bonchev–Trinajstić information content (AvgIpc) is 2.61. The molecule has 0 bridgehead atoms. The second-order valence-corrected chi connectivity index (χ2v) is 5.54. The normalized spacial score (nSPS) is 10.6. The van der Waals surface area contributed by atoms with Gasteiger partial charge in [-0.2, -0.15) is 0 Å². The van der Waals surface area contributed by atoms with Crippen molar-refractivity contribution in [3.8, 4) is 0 Å². The van der Waals surface area contributed by atoms with E-state index in [2.05, 4.69) is 5.32 Å². The van der Waals surface area contributed by atoms with Gasteiger partial charge in [-0.25, -0.2) is 9.18 Å². The number of nitrogens with one attached hydrogen (secondary N) is 1. The summed E-state index contributed by atoms with van der Waals surface area (Å²) in [4.78, 5) is 23.2. The van der Waals surface area contributed by atoms with Gasteiger partial charge in [-0.15, -0.1) is 0 Å². The lowest BCUT2D eigenvalue weighted by atomic mass is 10.1. The highest BCUT2D eigenvalue weighted by Gasteiger charge is 2.06. The molecule has 0 saturated heterocycles. The highest BCUT2D eigenvalue weighted by molar-refractivity contribution is 5.89. The minimum Gasteiger partial charge on any atom is -0.452 e. The van der Waals surface area contributed by atoms with Crippen molar-refractivity contribution >= 4 is 18.0 Å².